The van der Waals surface area contributed by atoms with Gasteiger partial charge in [-0.05, 0) is 37.1 Å². The van der Waals surface area contributed by atoms with Gasteiger partial charge in [0.2, 0.25) is 5.91 Å². The van der Waals surface area contributed by atoms with Gasteiger partial charge in [0.15, 0.2) is 5.65 Å². The number of nitrogens with zero attached hydrogens (tertiary/aromatic N) is 7. The molecule has 2 amide bonds. The highest BCUT2D eigenvalue weighted by atomic mass is 16.5. The number of carbonyl (C=O) groups excluding carboxylic acids is 2. The lowest BCUT2D eigenvalue weighted by molar-refractivity contribution is -0.137. The second-order valence-electron chi connectivity index (χ2n) is 8.77. The fraction of sp³-hybridized carbons (Fsp3) is 0.458. The van der Waals surface area contributed by atoms with E-state index in [4.69, 9.17) is 9.47 Å². The van der Waals surface area contributed by atoms with Crippen molar-refractivity contribution in [2.24, 2.45) is 5.92 Å². The number of hydrogen-bond donors (Lipinski definition) is 0. The Balaban J connectivity index is 1.14. The summed E-state index contributed by atoms with van der Waals surface area (Å²) in [6.07, 6.45) is 3.15. The average molecular weight is 480 g/mol. The van der Waals surface area contributed by atoms with Gasteiger partial charge in [0.25, 0.3) is 5.91 Å². The number of rotatable bonds is 5. The maximum Gasteiger partial charge on any atom is 0.257 e. The zero-order valence-electron chi connectivity index (χ0n) is 20.0. The molecule has 184 valence electrons. The van der Waals surface area contributed by atoms with Crippen molar-refractivity contribution in [3.63, 3.8) is 0 Å². The van der Waals surface area contributed by atoms with Gasteiger partial charge in [-0.2, -0.15) is 4.52 Å². The molecule has 0 N–H and O–H groups in total. The number of ether oxygens (including phenoxy) is 2. The van der Waals surface area contributed by atoms with Gasteiger partial charge >= 0.3 is 0 Å². The summed E-state index contributed by atoms with van der Waals surface area (Å²) >= 11 is 0. The number of aromatic nitrogens is 4. The lowest BCUT2D eigenvalue weighted by Crippen LogP contribution is -2.53. The molecule has 11 heteroatoms. The highest BCUT2D eigenvalue weighted by Gasteiger charge is 2.32. The van der Waals surface area contributed by atoms with Crippen LogP contribution in [0, 0.1) is 5.92 Å². The summed E-state index contributed by atoms with van der Waals surface area (Å²) in [5.74, 6) is 2.06. The van der Waals surface area contributed by atoms with Crippen LogP contribution in [0.2, 0.25) is 0 Å². The second-order valence-corrected chi connectivity index (χ2v) is 8.77. The third-order valence-electron chi connectivity index (χ3n) is 6.83. The Morgan fingerprint density at radius 2 is 1.66 bits per heavy atom. The number of amides is 2. The fourth-order valence-electron chi connectivity index (χ4n) is 4.78. The summed E-state index contributed by atoms with van der Waals surface area (Å²) in [4.78, 5) is 32.1. The van der Waals surface area contributed by atoms with Crippen molar-refractivity contribution in [3.8, 4) is 11.5 Å². The minimum Gasteiger partial charge on any atom is -0.497 e. The quantitative estimate of drug-likeness (QED) is 0.540. The second kappa shape index (κ2) is 9.77. The van der Waals surface area contributed by atoms with Gasteiger partial charge < -0.3 is 24.2 Å². The molecule has 11 nitrogen and oxygen atoms in total. The summed E-state index contributed by atoms with van der Waals surface area (Å²) < 4.78 is 12.3. The third kappa shape index (κ3) is 4.58. The Hall–Kier alpha value is -3.89. The van der Waals surface area contributed by atoms with Gasteiger partial charge in [0.05, 0.1) is 19.8 Å². The summed E-state index contributed by atoms with van der Waals surface area (Å²) in [5, 5.41) is 12.4. The van der Waals surface area contributed by atoms with Crippen molar-refractivity contribution in [1.29, 1.82) is 0 Å². The Morgan fingerprint density at radius 1 is 0.914 bits per heavy atom. The zero-order valence-corrected chi connectivity index (χ0v) is 20.0. The van der Waals surface area contributed by atoms with Gasteiger partial charge in [-0.15, -0.1) is 15.3 Å². The molecule has 2 aromatic heterocycles. The molecule has 0 bridgehead atoms. The van der Waals surface area contributed by atoms with Crippen molar-refractivity contribution in [2.45, 2.75) is 12.8 Å². The maximum absolute atomic E-state index is 13.2. The highest BCUT2D eigenvalue weighted by Crippen LogP contribution is 2.27. The van der Waals surface area contributed by atoms with E-state index in [0.717, 1.165) is 31.7 Å². The van der Waals surface area contributed by atoms with E-state index in [1.165, 1.54) is 7.11 Å². The van der Waals surface area contributed by atoms with E-state index < -0.39 is 0 Å². The molecule has 1 aromatic carbocycles. The first kappa shape index (κ1) is 22.9. The van der Waals surface area contributed by atoms with Crippen LogP contribution in [0.1, 0.15) is 23.2 Å². The molecule has 0 atom stereocenters. The van der Waals surface area contributed by atoms with Crippen LogP contribution in [-0.4, -0.2) is 94.9 Å². The number of piperidine rings is 1. The van der Waals surface area contributed by atoms with Crippen molar-refractivity contribution in [3.05, 3.63) is 42.2 Å². The number of piperazine rings is 1. The van der Waals surface area contributed by atoms with E-state index in [1.807, 2.05) is 17.0 Å². The number of fused-ring (bicyclic) bond motifs is 1. The first-order valence-electron chi connectivity index (χ1n) is 11.8. The predicted octanol–water partition coefficient (Wildman–Crippen LogP) is 1.34. The molecule has 5 rings (SSSR count). The Bertz CT molecular complexity index is 1210. The largest absolute Gasteiger partial charge is 0.497 e. The lowest BCUT2D eigenvalue weighted by Gasteiger charge is -2.38. The van der Waals surface area contributed by atoms with E-state index in [2.05, 4.69) is 20.2 Å². The number of methoxy groups -OCH3 is 2. The molecule has 4 heterocycles. The summed E-state index contributed by atoms with van der Waals surface area (Å²) in [6.45, 7) is 3.62. The van der Waals surface area contributed by atoms with E-state index in [9.17, 15) is 9.59 Å². The van der Waals surface area contributed by atoms with Crippen LogP contribution in [0.5, 0.6) is 11.5 Å². The SMILES string of the molecule is COc1ccc(C(=O)N2CCN(C(=O)C3CCN(c4ccc5nncn5n4)CC3)CC2)c(OC)c1. The van der Waals surface area contributed by atoms with Crippen LogP contribution in [-0.2, 0) is 4.79 Å². The van der Waals surface area contributed by atoms with Gasteiger partial charge in [-0.3, -0.25) is 9.59 Å². The van der Waals surface area contributed by atoms with Crippen LogP contribution < -0.4 is 14.4 Å². The topological polar surface area (TPSA) is 105 Å². The molecule has 2 aliphatic rings. The number of benzene rings is 1. The Kier molecular flexibility index (Phi) is 6.39. The van der Waals surface area contributed by atoms with Crippen LogP contribution in [0.4, 0.5) is 5.82 Å². The minimum absolute atomic E-state index is 0.00572. The van der Waals surface area contributed by atoms with Gasteiger partial charge in [-0.1, -0.05) is 0 Å². The monoisotopic (exact) mass is 479 g/mol. The van der Waals surface area contributed by atoms with Crippen LogP contribution >= 0.6 is 0 Å². The van der Waals surface area contributed by atoms with E-state index in [-0.39, 0.29) is 17.7 Å². The molecule has 0 radical (unpaired) electrons. The van der Waals surface area contributed by atoms with Gasteiger partial charge in [-0.25, -0.2) is 0 Å². The molecular formula is C24H29N7O4. The zero-order chi connectivity index (χ0) is 24.4. The smallest absolute Gasteiger partial charge is 0.257 e. The highest BCUT2D eigenvalue weighted by molar-refractivity contribution is 5.97. The molecule has 2 aliphatic heterocycles. The predicted molar refractivity (Wildman–Crippen MR) is 128 cm³/mol. The summed E-state index contributed by atoms with van der Waals surface area (Å²) in [5.41, 5.74) is 1.21. The molecule has 3 aromatic rings. The van der Waals surface area contributed by atoms with E-state index in [1.54, 1.807) is 41.1 Å². The Morgan fingerprint density at radius 3 is 2.37 bits per heavy atom. The third-order valence-corrected chi connectivity index (χ3v) is 6.83. The molecular weight excluding hydrogens is 450 g/mol. The van der Waals surface area contributed by atoms with Crippen molar-refractivity contribution < 1.29 is 19.1 Å². The molecule has 0 unspecified atom stereocenters. The molecule has 2 saturated heterocycles. The molecule has 0 saturated carbocycles. The van der Waals surface area contributed by atoms with Gasteiger partial charge in [0.1, 0.15) is 23.6 Å². The summed E-state index contributed by atoms with van der Waals surface area (Å²) in [6, 6.07) is 9.03. The first-order chi connectivity index (χ1) is 17.1. The Labute approximate surface area is 203 Å². The molecule has 2 fully saturated rings. The molecule has 0 aliphatic carbocycles. The molecule has 35 heavy (non-hydrogen) atoms. The average Bonchev–Trinajstić information content (AvgIpc) is 3.40. The van der Waals surface area contributed by atoms with Gasteiger partial charge in [0, 0.05) is 51.3 Å². The lowest BCUT2D eigenvalue weighted by atomic mass is 9.95. The minimum atomic E-state index is -0.0949. The summed E-state index contributed by atoms with van der Waals surface area (Å²) in [7, 11) is 3.11. The number of carbonyl (C=O) groups is 2. The maximum atomic E-state index is 13.2. The van der Waals surface area contributed by atoms with E-state index >= 15 is 0 Å². The molecule has 0 spiro atoms. The van der Waals surface area contributed by atoms with E-state index in [0.29, 0.717) is 48.9 Å². The number of hydrogen-bond acceptors (Lipinski definition) is 8. The van der Waals surface area contributed by atoms with Crippen LogP contribution in [0.15, 0.2) is 36.7 Å². The standard InChI is InChI=1S/C24H29N7O4/c1-34-18-3-4-19(20(15-18)35-2)24(33)30-13-11-29(12-14-30)23(32)17-7-9-28(10-8-17)22-6-5-21-26-25-16-31(21)27-22/h3-6,15-17H,7-14H2,1-2H3. The first-order valence-corrected chi connectivity index (χ1v) is 11.8. The van der Waals surface area contributed by atoms with Crippen molar-refractivity contribution in [2.75, 3.05) is 58.4 Å². The number of anilines is 1. The fourth-order valence-corrected chi connectivity index (χ4v) is 4.78. The normalized spacial score (nSPS) is 17.0. The van der Waals surface area contributed by atoms with Crippen LogP contribution in [0.3, 0.4) is 0 Å². The van der Waals surface area contributed by atoms with Crippen molar-refractivity contribution >= 4 is 23.3 Å². The van der Waals surface area contributed by atoms with Crippen LogP contribution in [0.25, 0.3) is 5.65 Å². The van der Waals surface area contributed by atoms with Crippen molar-refractivity contribution in [1.82, 2.24) is 29.6 Å².